The summed E-state index contributed by atoms with van der Waals surface area (Å²) in [5, 5.41) is 3.00. The fourth-order valence-corrected chi connectivity index (χ4v) is 4.22. The number of carbonyl (C=O) groups excluding carboxylic acids is 1. The first-order chi connectivity index (χ1) is 16.0. The van der Waals surface area contributed by atoms with Crippen molar-refractivity contribution in [2.75, 3.05) is 32.1 Å². The van der Waals surface area contributed by atoms with Crippen LogP contribution in [0.25, 0.3) is 11.4 Å². The van der Waals surface area contributed by atoms with Gasteiger partial charge in [0.05, 0.1) is 42.1 Å². The number of methoxy groups -OCH3 is 1. The lowest BCUT2D eigenvalue weighted by Crippen LogP contribution is -2.38. The number of likely N-dealkylation sites (tertiary alicyclic amines) is 1. The van der Waals surface area contributed by atoms with Crippen molar-refractivity contribution < 1.29 is 27.4 Å². The Morgan fingerprint density at radius 1 is 1.29 bits per heavy atom. The molecule has 0 radical (unpaired) electrons. The zero-order chi connectivity index (χ0) is 25.2. The van der Waals surface area contributed by atoms with E-state index in [-0.39, 0.29) is 41.3 Å². The van der Waals surface area contributed by atoms with Gasteiger partial charge in [-0.15, -0.1) is 0 Å². The van der Waals surface area contributed by atoms with Gasteiger partial charge in [0.1, 0.15) is 11.5 Å². The van der Waals surface area contributed by atoms with Gasteiger partial charge in [0.25, 0.3) is 5.56 Å². The van der Waals surface area contributed by atoms with Crippen LogP contribution in [0.15, 0.2) is 23.0 Å². The highest BCUT2D eigenvalue weighted by Gasteiger charge is 2.37. The first-order valence-electron chi connectivity index (χ1n) is 10.7. The maximum atomic E-state index is 13.4. The standard InChI is InChI=1S/C22H26ClF3N4O4/c1-5-30-19(14-8-7-13(9-15(14)23)22(24,25)26)27-12(3)18(20(30)31)28-16-10-29(21(32)33-4)11-17(16)34-6-2/h7-9,16-17,28H,5-6,10-11H2,1-4H3. The van der Waals surface area contributed by atoms with Crippen LogP contribution in [0, 0.1) is 6.92 Å². The Morgan fingerprint density at radius 3 is 2.56 bits per heavy atom. The summed E-state index contributed by atoms with van der Waals surface area (Å²) in [5.41, 5.74) is -0.525. The number of rotatable bonds is 6. The molecule has 8 nitrogen and oxygen atoms in total. The third-order valence-corrected chi connectivity index (χ3v) is 5.93. The van der Waals surface area contributed by atoms with Crippen molar-refractivity contribution in [3.8, 4) is 11.4 Å². The molecule has 1 saturated heterocycles. The summed E-state index contributed by atoms with van der Waals surface area (Å²) in [7, 11) is 1.29. The molecule has 1 aromatic heterocycles. The number of anilines is 1. The van der Waals surface area contributed by atoms with Gasteiger partial charge in [-0.1, -0.05) is 11.6 Å². The zero-order valence-electron chi connectivity index (χ0n) is 19.2. The van der Waals surface area contributed by atoms with E-state index in [1.165, 1.54) is 22.6 Å². The maximum absolute atomic E-state index is 13.4. The second-order valence-electron chi connectivity index (χ2n) is 7.76. The first kappa shape index (κ1) is 25.8. The van der Waals surface area contributed by atoms with Crippen LogP contribution in [0.4, 0.5) is 23.7 Å². The number of nitrogens with zero attached hydrogens (tertiary/aromatic N) is 3. The Bertz CT molecular complexity index is 1120. The van der Waals surface area contributed by atoms with Crippen LogP contribution in [-0.4, -0.2) is 59.5 Å². The Labute approximate surface area is 199 Å². The van der Waals surface area contributed by atoms with Crippen molar-refractivity contribution >= 4 is 23.4 Å². The number of nitrogens with one attached hydrogen (secondary N) is 1. The smallest absolute Gasteiger partial charge is 0.416 e. The fourth-order valence-electron chi connectivity index (χ4n) is 3.96. The highest BCUT2D eigenvalue weighted by atomic mass is 35.5. The molecule has 0 spiro atoms. The number of alkyl halides is 3. The molecule has 1 N–H and O–H groups in total. The van der Waals surface area contributed by atoms with Crippen molar-refractivity contribution in [1.29, 1.82) is 0 Å². The van der Waals surface area contributed by atoms with Crippen molar-refractivity contribution in [1.82, 2.24) is 14.5 Å². The van der Waals surface area contributed by atoms with Crippen LogP contribution in [-0.2, 0) is 22.2 Å². The van der Waals surface area contributed by atoms with E-state index in [2.05, 4.69) is 10.3 Å². The number of aromatic nitrogens is 2. The van der Waals surface area contributed by atoms with E-state index in [1.54, 1.807) is 13.8 Å². The molecule has 0 saturated carbocycles. The molecule has 186 valence electrons. The van der Waals surface area contributed by atoms with Crippen LogP contribution < -0.4 is 10.9 Å². The summed E-state index contributed by atoms with van der Waals surface area (Å²) in [6.45, 7) is 6.36. The number of carbonyl (C=O) groups is 1. The summed E-state index contributed by atoms with van der Waals surface area (Å²) in [5.74, 6) is 0.165. The third-order valence-electron chi connectivity index (χ3n) is 5.61. The molecule has 1 aliphatic rings. The Balaban J connectivity index is 2.00. The highest BCUT2D eigenvalue weighted by Crippen LogP contribution is 2.35. The van der Waals surface area contributed by atoms with Crippen molar-refractivity contribution in [2.45, 2.75) is 45.6 Å². The van der Waals surface area contributed by atoms with Crippen molar-refractivity contribution in [3.05, 3.63) is 44.8 Å². The molecule has 2 heterocycles. The van der Waals surface area contributed by atoms with Gasteiger partial charge >= 0.3 is 12.3 Å². The molecule has 1 aromatic carbocycles. The SMILES string of the molecule is CCOC1CN(C(=O)OC)CC1Nc1c(C)nc(-c2ccc(C(F)(F)F)cc2Cl)n(CC)c1=O. The molecule has 0 bridgehead atoms. The third kappa shape index (κ3) is 5.15. The average molecular weight is 503 g/mol. The van der Waals surface area contributed by atoms with Crippen molar-refractivity contribution in [2.24, 2.45) is 0 Å². The Morgan fingerprint density at radius 2 is 2.00 bits per heavy atom. The topological polar surface area (TPSA) is 85.7 Å². The normalized spacial score (nSPS) is 18.3. The first-order valence-corrected chi connectivity index (χ1v) is 11.1. The molecular weight excluding hydrogens is 477 g/mol. The summed E-state index contributed by atoms with van der Waals surface area (Å²) in [6, 6.07) is 2.54. The average Bonchev–Trinajstić information content (AvgIpc) is 3.18. The van der Waals surface area contributed by atoms with Crippen LogP contribution in [0.2, 0.25) is 5.02 Å². The van der Waals surface area contributed by atoms with E-state index in [4.69, 9.17) is 21.1 Å². The van der Waals surface area contributed by atoms with Gasteiger partial charge in [-0.2, -0.15) is 13.2 Å². The molecule has 2 atom stereocenters. The van der Waals surface area contributed by atoms with Crippen LogP contribution in [0.3, 0.4) is 0 Å². The number of amides is 1. The zero-order valence-corrected chi connectivity index (χ0v) is 20.0. The minimum absolute atomic E-state index is 0.162. The van der Waals surface area contributed by atoms with E-state index in [1.807, 2.05) is 6.92 Å². The van der Waals surface area contributed by atoms with Crippen LogP contribution in [0.5, 0.6) is 0 Å². The van der Waals surface area contributed by atoms with E-state index >= 15 is 0 Å². The van der Waals surface area contributed by atoms with E-state index in [9.17, 15) is 22.8 Å². The molecule has 1 amide bonds. The summed E-state index contributed by atoms with van der Waals surface area (Å²) in [6.07, 6.45) is -5.41. The molecule has 1 aliphatic heterocycles. The van der Waals surface area contributed by atoms with Crippen LogP contribution >= 0.6 is 11.6 Å². The number of halogens is 4. The second kappa shape index (κ2) is 10.2. The molecule has 2 unspecified atom stereocenters. The minimum Gasteiger partial charge on any atom is -0.453 e. The largest absolute Gasteiger partial charge is 0.453 e. The van der Waals surface area contributed by atoms with Gasteiger partial charge in [-0.25, -0.2) is 9.78 Å². The molecule has 2 aromatic rings. The maximum Gasteiger partial charge on any atom is 0.416 e. The van der Waals surface area contributed by atoms with Gasteiger partial charge in [0, 0.05) is 25.3 Å². The summed E-state index contributed by atoms with van der Waals surface area (Å²) < 4.78 is 51.0. The molecule has 34 heavy (non-hydrogen) atoms. The minimum atomic E-state index is -4.54. The molecule has 12 heteroatoms. The highest BCUT2D eigenvalue weighted by molar-refractivity contribution is 6.33. The lowest BCUT2D eigenvalue weighted by Gasteiger charge is -2.22. The number of aryl methyl sites for hydroxylation is 1. The van der Waals surface area contributed by atoms with Gasteiger partial charge in [0.2, 0.25) is 0 Å². The van der Waals surface area contributed by atoms with E-state index in [0.717, 1.165) is 12.1 Å². The van der Waals surface area contributed by atoms with E-state index in [0.29, 0.717) is 18.8 Å². The van der Waals surface area contributed by atoms with Gasteiger partial charge in [0.15, 0.2) is 0 Å². The van der Waals surface area contributed by atoms with Gasteiger partial charge < -0.3 is 19.7 Å². The lowest BCUT2D eigenvalue weighted by molar-refractivity contribution is -0.137. The number of benzene rings is 1. The summed E-state index contributed by atoms with van der Waals surface area (Å²) in [4.78, 5) is 31.3. The molecule has 1 fully saturated rings. The predicted molar refractivity (Wildman–Crippen MR) is 121 cm³/mol. The number of ether oxygens (including phenoxy) is 2. The second-order valence-corrected chi connectivity index (χ2v) is 8.16. The molecule has 3 rings (SSSR count). The number of hydrogen-bond acceptors (Lipinski definition) is 6. The predicted octanol–water partition coefficient (Wildman–Crippen LogP) is 4.18. The Kier molecular flexibility index (Phi) is 7.77. The number of hydrogen-bond donors (Lipinski definition) is 1. The molecular formula is C22H26ClF3N4O4. The summed E-state index contributed by atoms with van der Waals surface area (Å²) >= 11 is 6.16. The molecule has 0 aliphatic carbocycles. The van der Waals surface area contributed by atoms with Gasteiger partial charge in [-0.05, 0) is 39.0 Å². The van der Waals surface area contributed by atoms with Gasteiger partial charge in [-0.3, -0.25) is 9.36 Å². The van der Waals surface area contributed by atoms with E-state index < -0.39 is 29.4 Å². The quantitative estimate of drug-likeness (QED) is 0.638. The van der Waals surface area contributed by atoms with Crippen molar-refractivity contribution in [3.63, 3.8) is 0 Å². The monoisotopic (exact) mass is 502 g/mol. The lowest BCUT2D eigenvalue weighted by atomic mass is 10.1. The fraction of sp³-hybridized carbons (Fsp3) is 0.500. The van der Waals surface area contributed by atoms with Crippen LogP contribution in [0.1, 0.15) is 25.1 Å². The Hall–Kier alpha value is -2.79.